The number of carboxylic acid groups (broad SMARTS) is 1. The highest BCUT2D eigenvalue weighted by Gasteiger charge is 2.21. The second-order valence-corrected chi connectivity index (χ2v) is 6.59. The molecule has 0 fully saturated rings. The van der Waals surface area contributed by atoms with Crippen molar-refractivity contribution in [3.63, 3.8) is 0 Å². The predicted molar refractivity (Wildman–Crippen MR) is 75.0 cm³/mol. The van der Waals surface area contributed by atoms with Crippen molar-refractivity contribution in [3.05, 3.63) is 40.9 Å². The van der Waals surface area contributed by atoms with Gasteiger partial charge in [-0.05, 0) is 25.1 Å². The third kappa shape index (κ3) is 3.22. The van der Waals surface area contributed by atoms with Crippen molar-refractivity contribution in [3.8, 4) is 0 Å². The zero-order chi connectivity index (χ0) is 15.6. The van der Waals surface area contributed by atoms with Gasteiger partial charge in [-0.15, -0.1) is 0 Å². The van der Waals surface area contributed by atoms with Crippen molar-refractivity contribution in [2.24, 2.45) is 0 Å². The summed E-state index contributed by atoms with van der Waals surface area (Å²) in [5, 5.41) is 12.9. The number of hydrogen-bond donors (Lipinski definition) is 1. The van der Waals surface area contributed by atoms with Crippen molar-refractivity contribution < 1.29 is 18.3 Å². The van der Waals surface area contributed by atoms with Gasteiger partial charge in [-0.1, -0.05) is 11.6 Å². The Bertz CT molecular complexity index is 786. The standard InChI is InChI=1S/C12H12ClN3O4S/c1-2-16-11(14-7-15-16)6-21(19,20)8-3-4-10(13)9(5-8)12(17)18/h3-5,7H,2,6H2,1H3,(H,17,18). The number of rotatable bonds is 5. The van der Waals surface area contributed by atoms with Crippen molar-refractivity contribution in [1.29, 1.82) is 0 Å². The van der Waals surface area contributed by atoms with E-state index in [0.29, 0.717) is 12.4 Å². The average molecular weight is 330 g/mol. The van der Waals surface area contributed by atoms with Gasteiger partial charge >= 0.3 is 5.97 Å². The molecule has 9 heteroatoms. The van der Waals surface area contributed by atoms with Gasteiger partial charge in [-0.3, -0.25) is 0 Å². The third-order valence-corrected chi connectivity index (χ3v) is 4.78. The molecule has 0 bridgehead atoms. The number of halogens is 1. The summed E-state index contributed by atoms with van der Waals surface area (Å²) < 4.78 is 26.1. The molecule has 1 aromatic heterocycles. The number of carboxylic acids is 1. The number of aromatic nitrogens is 3. The molecule has 0 saturated carbocycles. The fraction of sp³-hybridized carbons (Fsp3) is 0.250. The molecule has 1 N–H and O–H groups in total. The van der Waals surface area contributed by atoms with Crippen LogP contribution in [0.5, 0.6) is 0 Å². The lowest BCUT2D eigenvalue weighted by atomic mass is 10.2. The van der Waals surface area contributed by atoms with Gasteiger partial charge in [-0.2, -0.15) is 5.10 Å². The Kier molecular flexibility index (Phi) is 4.29. The highest BCUT2D eigenvalue weighted by atomic mass is 35.5. The molecule has 7 nitrogen and oxygen atoms in total. The van der Waals surface area contributed by atoms with Crippen LogP contribution in [-0.2, 0) is 22.1 Å². The van der Waals surface area contributed by atoms with E-state index in [0.717, 1.165) is 6.07 Å². The second-order valence-electron chi connectivity index (χ2n) is 4.20. The number of sulfone groups is 1. The average Bonchev–Trinajstić information content (AvgIpc) is 2.85. The molecule has 2 rings (SSSR count). The van der Waals surface area contributed by atoms with E-state index in [1.807, 2.05) is 6.92 Å². The SMILES string of the molecule is CCn1ncnc1CS(=O)(=O)c1ccc(Cl)c(C(=O)O)c1. The Labute approximate surface area is 126 Å². The number of aromatic carboxylic acids is 1. The molecule has 0 aliphatic rings. The number of benzene rings is 1. The summed E-state index contributed by atoms with van der Waals surface area (Å²) >= 11 is 5.73. The molecule has 0 aliphatic carbocycles. The van der Waals surface area contributed by atoms with Gasteiger partial charge < -0.3 is 5.11 Å². The Balaban J connectivity index is 2.40. The summed E-state index contributed by atoms with van der Waals surface area (Å²) in [5.74, 6) is -1.35. The first-order chi connectivity index (χ1) is 9.85. The molecule has 0 amide bonds. The maximum absolute atomic E-state index is 12.3. The Morgan fingerprint density at radius 1 is 1.43 bits per heavy atom. The number of nitrogens with zero attached hydrogens (tertiary/aromatic N) is 3. The van der Waals surface area contributed by atoms with E-state index in [2.05, 4.69) is 10.1 Å². The van der Waals surface area contributed by atoms with Crippen LogP contribution in [0.3, 0.4) is 0 Å². The van der Waals surface area contributed by atoms with E-state index in [1.165, 1.54) is 23.1 Å². The summed E-state index contributed by atoms with van der Waals surface area (Å²) in [6.07, 6.45) is 1.28. The quantitative estimate of drug-likeness (QED) is 0.894. The van der Waals surface area contributed by atoms with Crippen LogP contribution in [0.15, 0.2) is 29.4 Å². The number of hydrogen-bond acceptors (Lipinski definition) is 5. The first-order valence-electron chi connectivity index (χ1n) is 5.97. The van der Waals surface area contributed by atoms with Crippen molar-refractivity contribution in [2.75, 3.05) is 0 Å². The maximum Gasteiger partial charge on any atom is 0.337 e. The zero-order valence-corrected chi connectivity index (χ0v) is 12.6. The number of carbonyl (C=O) groups is 1. The molecule has 1 heterocycles. The maximum atomic E-state index is 12.3. The molecule has 2 aromatic rings. The third-order valence-electron chi connectivity index (χ3n) is 2.84. The van der Waals surface area contributed by atoms with Crippen LogP contribution in [0, 0.1) is 0 Å². The topological polar surface area (TPSA) is 102 Å². The van der Waals surface area contributed by atoms with Crippen LogP contribution in [-0.4, -0.2) is 34.3 Å². The molecule has 112 valence electrons. The fourth-order valence-electron chi connectivity index (χ4n) is 1.78. The summed E-state index contributed by atoms with van der Waals surface area (Å²) in [5.41, 5.74) is -0.255. The van der Waals surface area contributed by atoms with Crippen LogP contribution >= 0.6 is 11.6 Å². The molecule has 0 unspecified atom stereocenters. The molecule has 0 atom stereocenters. The first kappa shape index (κ1) is 15.5. The van der Waals surface area contributed by atoms with Gasteiger partial charge in [0.1, 0.15) is 17.9 Å². The second kappa shape index (κ2) is 5.82. The molecule has 0 aliphatic heterocycles. The Morgan fingerprint density at radius 3 is 2.76 bits per heavy atom. The molecule has 1 aromatic carbocycles. The molecule has 21 heavy (non-hydrogen) atoms. The minimum absolute atomic E-state index is 0.0156. The van der Waals surface area contributed by atoms with E-state index >= 15 is 0 Å². The summed E-state index contributed by atoms with van der Waals surface area (Å²) in [6.45, 7) is 2.31. The van der Waals surface area contributed by atoms with E-state index in [1.54, 1.807) is 0 Å². The van der Waals surface area contributed by atoms with Crippen LogP contribution in [0.1, 0.15) is 23.1 Å². The Morgan fingerprint density at radius 2 is 2.14 bits per heavy atom. The largest absolute Gasteiger partial charge is 0.478 e. The van der Waals surface area contributed by atoms with Crippen LogP contribution in [0.2, 0.25) is 5.02 Å². The molecule has 0 spiro atoms. The minimum Gasteiger partial charge on any atom is -0.478 e. The van der Waals surface area contributed by atoms with Gasteiger partial charge in [0.05, 0.1) is 15.5 Å². The summed E-state index contributed by atoms with van der Waals surface area (Å²) in [7, 11) is -3.73. The Hall–Kier alpha value is -1.93. The lowest BCUT2D eigenvalue weighted by Crippen LogP contribution is -2.12. The highest BCUT2D eigenvalue weighted by molar-refractivity contribution is 7.90. The monoisotopic (exact) mass is 329 g/mol. The number of aryl methyl sites for hydroxylation is 1. The van der Waals surface area contributed by atoms with Gasteiger partial charge in [0.2, 0.25) is 0 Å². The normalized spacial score (nSPS) is 11.5. The molecular formula is C12H12ClN3O4S. The lowest BCUT2D eigenvalue weighted by molar-refractivity contribution is 0.0697. The smallest absolute Gasteiger partial charge is 0.337 e. The predicted octanol–water partition coefficient (Wildman–Crippen LogP) is 1.62. The molecular weight excluding hydrogens is 318 g/mol. The van der Waals surface area contributed by atoms with E-state index in [-0.39, 0.29) is 21.2 Å². The summed E-state index contributed by atoms with van der Waals surface area (Å²) in [6, 6.07) is 3.58. The zero-order valence-electron chi connectivity index (χ0n) is 11.0. The van der Waals surface area contributed by atoms with E-state index in [4.69, 9.17) is 16.7 Å². The minimum atomic E-state index is -3.73. The van der Waals surface area contributed by atoms with Gasteiger partial charge in [-0.25, -0.2) is 22.9 Å². The fourth-order valence-corrected chi connectivity index (χ4v) is 3.28. The van der Waals surface area contributed by atoms with Crippen LogP contribution in [0.25, 0.3) is 0 Å². The summed E-state index contributed by atoms with van der Waals surface area (Å²) in [4.78, 5) is 14.8. The van der Waals surface area contributed by atoms with Crippen LogP contribution in [0.4, 0.5) is 0 Å². The van der Waals surface area contributed by atoms with E-state index < -0.39 is 15.8 Å². The van der Waals surface area contributed by atoms with Crippen molar-refractivity contribution in [2.45, 2.75) is 24.1 Å². The van der Waals surface area contributed by atoms with Crippen LogP contribution < -0.4 is 0 Å². The molecule has 0 saturated heterocycles. The van der Waals surface area contributed by atoms with Crippen molar-refractivity contribution in [1.82, 2.24) is 14.8 Å². The molecule has 0 radical (unpaired) electrons. The van der Waals surface area contributed by atoms with Gasteiger partial charge in [0.25, 0.3) is 0 Å². The van der Waals surface area contributed by atoms with Crippen molar-refractivity contribution >= 4 is 27.4 Å². The highest BCUT2D eigenvalue weighted by Crippen LogP contribution is 2.22. The first-order valence-corrected chi connectivity index (χ1v) is 8.00. The lowest BCUT2D eigenvalue weighted by Gasteiger charge is -2.07. The van der Waals surface area contributed by atoms with Gasteiger partial charge in [0, 0.05) is 6.54 Å². The van der Waals surface area contributed by atoms with E-state index in [9.17, 15) is 13.2 Å². The van der Waals surface area contributed by atoms with Gasteiger partial charge in [0.15, 0.2) is 9.84 Å².